The summed E-state index contributed by atoms with van der Waals surface area (Å²) < 4.78 is 14.9. The van der Waals surface area contributed by atoms with Crippen LogP contribution >= 0.6 is 11.3 Å². The van der Waals surface area contributed by atoms with Crippen LogP contribution in [0.5, 0.6) is 0 Å². The van der Waals surface area contributed by atoms with Crippen LogP contribution in [0.3, 0.4) is 0 Å². The second-order valence-electron chi connectivity index (χ2n) is 6.25. The fourth-order valence-electron chi connectivity index (χ4n) is 3.03. The number of amides is 1. The summed E-state index contributed by atoms with van der Waals surface area (Å²) in [4.78, 5) is 18.5. The van der Waals surface area contributed by atoms with Crippen molar-refractivity contribution < 1.29 is 9.18 Å². The van der Waals surface area contributed by atoms with Crippen molar-refractivity contribution >= 4 is 28.3 Å². The van der Waals surface area contributed by atoms with Gasteiger partial charge in [0.15, 0.2) is 5.65 Å². The predicted molar refractivity (Wildman–Crippen MR) is 104 cm³/mol. The zero-order chi connectivity index (χ0) is 19.0. The van der Waals surface area contributed by atoms with E-state index < -0.39 is 0 Å². The van der Waals surface area contributed by atoms with E-state index in [1.807, 2.05) is 31.4 Å². The van der Waals surface area contributed by atoms with Gasteiger partial charge in [-0.1, -0.05) is 6.07 Å². The molecule has 3 aromatic heterocycles. The summed E-state index contributed by atoms with van der Waals surface area (Å²) >= 11 is 1.60. The largest absolute Gasteiger partial charge is 0.347 e. The van der Waals surface area contributed by atoms with Crippen molar-refractivity contribution in [2.24, 2.45) is 0 Å². The van der Waals surface area contributed by atoms with Crippen LogP contribution in [0.25, 0.3) is 16.7 Å². The lowest BCUT2D eigenvalue weighted by Gasteiger charge is -2.08. The molecule has 7 heteroatoms. The summed E-state index contributed by atoms with van der Waals surface area (Å²) in [6, 6.07) is 11.7. The van der Waals surface area contributed by atoms with Crippen LogP contribution in [-0.2, 0) is 6.54 Å². The van der Waals surface area contributed by atoms with E-state index in [-0.39, 0.29) is 11.7 Å². The van der Waals surface area contributed by atoms with E-state index in [4.69, 9.17) is 0 Å². The molecule has 0 aliphatic carbocycles. The number of aromatic nitrogens is 3. The molecule has 4 aromatic rings. The maximum absolute atomic E-state index is 13.3. The first-order chi connectivity index (χ1) is 13.0. The number of carbonyl (C=O) groups is 1. The third-order valence-corrected chi connectivity index (χ3v) is 5.14. The molecule has 0 fully saturated rings. The summed E-state index contributed by atoms with van der Waals surface area (Å²) in [5.74, 6) is -0.481. The number of nitrogens with one attached hydrogen (secondary N) is 1. The van der Waals surface area contributed by atoms with Gasteiger partial charge in [0.05, 0.1) is 28.9 Å². The fourth-order valence-corrected chi connectivity index (χ4v) is 3.68. The summed E-state index contributed by atoms with van der Waals surface area (Å²) in [6.07, 6.45) is 0. The van der Waals surface area contributed by atoms with Gasteiger partial charge in [-0.25, -0.2) is 14.1 Å². The highest BCUT2D eigenvalue weighted by atomic mass is 32.1. The molecule has 1 aromatic carbocycles. The Hall–Kier alpha value is -3.06. The van der Waals surface area contributed by atoms with E-state index in [1.165, 1.54) is 12.1 Å². The lowest BCUT2D eigenvalue weighted by Crippen LogP contribution is -2.23. The van der Waals surface area contributed by atoms with Crippen LogP contribution in [0.2, 0.25) is 0 Å². The van der Waals surface area contributed by atoms with Gasteiger partial charge in [-0.3, -0.25) is 4.79 Å². The molecule has 4 rings (SSSR count). The number of hydrogen-bond acceptors (Lipinski definition) is 4. The van der Waals surface area contributed by atoms with E-state index in [0.29, 0.717) is 40.2 Å². The van der Waals surface area contributed by atoms with E-state index >= 15 is 0 Å². The Morgan fingerprint density at radius 3 is 2.70 bits per heavy atom. The van der Waals surface area contributed by atoms with Crippen LogP contribution in [-0.4, -0.2) is 20.7 Å². The minimum absolute atomic E-state index is 0.166. The lowest BCUT2D eigenvalue weighted by molar-refractivity contribution is 0.0952. The summed E-state index contributed by atoms with van der Waals surface area (Å²) in [6.45, 7) is 4.16. The highest BCUT2D eigenvalue weighted by Crippen LogP contribution is 2.25. The average Bonchev–Trinajstić information content (AvgIpc) is 3.28. The molecular weight excluding hydrogens is 363 g/mol. The molecule has 0 aliphatic rings. The summed E-state index contributed by atoms with van der Waals surface area (Å²) in [5.41, 5.74) is 3.23. The van der Waals surface area contributed by atoms with Crippen molar-refractivity contribution in [1.29, 1.82) is 0 Å². The predicted octanol–water partition coefficient (Wildman–Crippen LogP) is 4.17. The number of halogens is 1. The maximum atomic E-state index is 13.3. The Morgan fingerprint density at radius 1 is 1.22 bits per heavy atom. The Labute approximate surface area is 159 Å². The van der Waals surface area contributed by atoms with Gasteiger partial charge in [0.25, 0.3) is 5.91 Å². The summed E-state index contributed by atoms with van der Waals surface area (Å²) in [5, 5.41) is 10.2. The highest BCUT2D eigenvalue weighted by Gasteiger charge is 2.19. The first kappa shape index (κ1) is 17.4. The van der Waals surface area contributed by atoms with Gasteiger partial charge in [-0.05, 0) is 55.6 Å². The van der Waals surface area contributed by atoms with Gasteiger partial charge in [0.1, 0.15) is 5.82 Å². The zero-order valence-electron chi connectivity index (χ0n) is 14.9. The fraction of sp³-hybridized carbons (Fsp3) is 0.150. The number of pyridine rings is 1. The minimum Gasteiger partial charge on any atom is -0.347 e. The van der Waals surface area contributed by atoms with Crippen LogP contribution in [0, 0.1) is 19.7 Å². The number of nitrogens with zero attached hydrogens (tertiary/aromatic N) is 3. The molecule has 0 saturated carbocycles. The number of rotatable bonds is 4. The standard InChI is InChI=1S/C20H17FN4OS/c1-12-10-17(20(26)22-11-16-4-3-9-27-16)18-13(2)24-25(19(18)23-12)15-7-5-14(21)6-8-15/h3-10H,11H2,1-2H3,(H,22,26). The van der Waals surface area contributed by atoms with Crippen molar-refractivity contribution in [3.8, 4) is 5.69 Å². The highest BCUT2D eigenvalue weighted by molar-refractivity contribution is 7.09. The van der Waals surface area contributed by atoms with Crippen LogP contribution < -0.4 is 5.32 Å². The molecule has 0 radical (unpaired) electrons. The molecule has 0 saturated heterocycles. The Bertz CT molecular complexity index is 1120. The van der Waals surface area contributed by atoms with Crippen LogP contribution in [0.15, 0.2) is 47.8 Å². The molecule has 0 spiro atoms. The first-order valence-corrected chi connectivity index (χ1v) is 9.34. The smallest absolute Gasteiger partial charge is 0.252 e. The topological polar surface area (TPSA) is 59.8 Å². The lowest BCUT2D eigenvalue weighted by atomic mass is 10.1. The van der Waals surface area contributed by atoms with E-state index in [2.05, 4.69) is 15.4 Å². The second kappa shape index (κ2) is 6.92. The summed E-state index contributed by atoms with van der Waals surface area (Å²) in [7, 11) is 0. The monoisotopic (exact) mass is 380 g/mol. The molecule has 5 nitrogen and oxygen atoms in total. The molecule has 3 heterocycles. The van der Waals surface area contributed by atoms with Gasteiger partial charge >= 0.3 is 0 Å². The normalized spacial score (nSPS) is 11.1. The quantitative estimate of drug-likeness (QED) is 0.578. The third kappa shape index (κ3) is 3.33. The van der Waals surface area contributed by atoms with Crippen molar-refractivity contribution in [1.82, 2.24) is 20.1 Å². The number of aryl methyl sites for hydroxylation is 2. The van der Waals surface area contributed by atoms with Crippen molar-refractivity contribution in [3.05, 3.63) is 75.5 Å². The van der Waals surface area contributed by atoms with Gasteiger partial charge in [-0.15, -0.1) is 11.3 Å². The van der Waals surface area contributed by atoms with Gasteiger partial charge in [-0.2, -0.15) is 5.10 Å². The van der Waals surface area contributed by atoms with Gasteiger partial charge in [0.2, 0.25) is 0 Å². The van der Waals surface area contributed by atoms with Crippen molar-refractivity contribution in [2.75, 3.05) is 0 Å². The van der Waals surface area contributed by atoms with Gasteiger partial charge < -0.3 is 5.32 Å². The molecule has 1 N–H and O–H groups in total. The molecule has 0 bridgehead atoms. The number of carbonyl (C=O) groups excluding carboxylic acids is 1. The molecule has 0 atom stereocenters. The Balaban J connectivity index is 1.77. The molecule has 0 unspecified atom stereocenters. The molecule has 0 aliphatic heterocycles. The molecule has 27 heavy (non-hydrogen) atoms. The molecule has 136 valence electrons. The van der Waals surface area contributed by atoms with E-state index in [9.17, 15) is 9.18 Å². The Kier molecular flexibility index (Phi) is 4.45. The number of benzene rings is 1. The Morgan fingerprint density at radius 2 is 2.00 bits per heavy atom. The number of fused-ring (bicyclic) bond motifs is 1. The third-order valence-electron chi connectivity index (χ3n) is 4.26. The van der Waals surface area contributed by atoms with Crippen molar-refractivity contribution in [2.45, 2.75) is 20.4 Å². The van der Waals surface area contributed by atoms with Gasteiger partial charge in [0, 0.05) is 10.6 Å². The number of thiophene rings is 1. The zero-order valence-corrected chi connectivity index (χ0v) is 15.7. The first-order valence-electron chi connectivity index (χ1n) is 8.46. The maximum Gasteiger partial charge on any atom is 0.252 e. The van der Waals surface area contributed by atoms with Crippen LogP contribution in [0.4, 0.5) is 4.39 Å². The van der Waals surface area contributed by atoms with Crippen LogP contribution in [0.1, 0.15) is 26.6 Å². The molecular formula is C20H17FN4OS. The molecule has 1 amide bonds. The number of hydrogen-bond donors (Lipinski definition) is 1. The SMILES string of the molecule is Cc1cc(C(=O)NCc2cccs2)c2c(C)nn(-c3ccc(F)cc3)c2n1. The second-order valence-corrected chi connectivity index (χ2v) is 7.28. The van der Waals surface area contributed by atoms with E-state index in [1.54, 1.807) is 34.2 Å². The minimum atomic E-state index is -0.315. The van der Waals surface area contributed by atoms with Crippen molar-refractivity contribution in [3.63, 3.8) is 0 Å². The average molecular weight is 380 g/mol. The van der Waals surface area contributed by atoms with E-state index in [0.717, 1.165) is 4.88 Å².